The van der Waals surface area contributed by atoms with E-state index in [1.165, 1.54) is 0 Å². The Labute approximate surface area is 135 Å². The maximum Gasteiger partial charge on any atom is 0.227 e. The van der Waals surface area contributed by atoms with Gasteiger partial charge in [0.25, 0.3) is 0 Å². The maximum absolute atomic E-state index is 11.6. The van der Waals surface area contributed by atoms with Crippen LogP contribution in [0.15, 0.2) is 23.2 Å². The highest BCUT2D eigenvalue weighted by Gasteiger charge is 2.35. The molecule has 0 radical (unpaired) electrons. The molecule has 1 heterocycles. The third-order valence-electron chi connectivity index (χ3n) is 4.86. The number of likely N-dealkylation sites (N-methyl/N-ethyl adjacent to an activating group) is 1. The third-order valence-corrected chi connectivity index (χ3v) is 4.86. The smallest absolute Gasteiger partial charge is 0.227 e. The second-order valence-corrected chi connectivity index (χ2v) is 6.32. The molecule has 3 N–H and O–H groups in total. The fourth-order valence-electron chi connectivity index (χ4n) is 3.57. The van der Waals surface area contributed by atoms with E-state index in [1.807, 2.05) is 25.2 Å². The Hall–Kier alpha value is -1.92. The molecule has 0 saturated carbocycles. The number of hydrogen-bond acceptors (Lipinski definition) is 4. The van der Waals surface area contributed by atoms with Crippen molar-refractivity contribution in [3.05, 3.63) is 29.3 Å². The molecule has 0 bridgehead atoms. The summed E-state index contributed by atoms with van der Waals surface area (Å²) in [4.78, 5) is 18.5. The Bertz CT molecular complexity index is 644. The van der Waals surface area contributed by atoms with Gasteiger partial charge in [0, 0.05) is 20.6 Å². The van der Waals surface area contributed by atoms with Gasteiger partial charge in [-0.25, -0.2) is 4.99 Å². The summed E-state index contributed by atoms with van der Waals surface area (Å²) in [5, 5.41) is 10.0. The zero-order valence-corrected chi connectivity index (χ0v) is 13.5. The monoisotopic (exact) mass is 317 g/mol. The number of amides is 1. The average Bonchev–Trinajstić information content (AvgIpc) is 3.00. The predicted molar refractivity (Wildman–Crippen MR) is 87.8 cm³/mol. The second kappa shape index (κ2) is 6.29. The summed E-state index contributed by atoms with van der Waals surface area (Å²) in [6, 6.07) is 6.10. The second-order valence-electron chi connectivity index (χ2n) is 6.32. The molecule has 124 valence electrons. The molecule has 1 aromatic rings. The number of methoxy groups -OCH3 is 1. The molecule has 23 heavy (non-hydrogen) atoms. The van der Waals surface area contributed by atoms with Crippen LogP contribution < -0.4 is 5.73 Å². The third kappa shape index (κ3) is 2.96. The summed E-state index contributed by atoms with van der Waals surface area (Å²) in [6.45, 7) is 0.690. The standard InChI is InChI=1S/C17H23N3O3/c1-20-12(9-23-2)5-6-15(20)19-11-4-3-10-7-14(21)16(17(18)22)13(10)8-11/h3-4,8,12,14,16,21H,5-7,9H2,1-2H3,(H2,18,22)/t12-,14?,16?/m1/s1. The molecule has 3 rings (SSSR count). The van der Waals surface area contributed by atoms with E-state index in [4.69, 9.17) is 15.5 Å². The Morgan fingerprint density at radius 1 is 1.52 bits per heavy atom. The average molecular weight is 317 g/mol. The van der Waals surface area contributed by atoms with E-state index in [0.29, 0.717) is 19.1 Å². The fourth-order valence-corrected chi connectivity index (χ4v) is 3.57. The highest BCUT2D eigenvalue weighted by molar-refractivity contribution is 5.88. The van der Waals surface area contributed by atoms with E-state index in [2.05, 4.69) is 4.90 Å². The minimum Gasteiger partial charge on any atom is -0.392 e. The number of aliphatic hydroxyl groups excluding tert-OH is 1. The number of primary amides is 1. The number of ether oxygens (including phenoxy) is 1. The molecule has 1 saturated heterocycles. The normalized spacial score (nSPS) is 28.4. The van der Waals surface area contributed by atoms with Gasteiger partial charge in [-0.1, -0.05) is 6.07 Å². The molecule has 2 aliphatic rings. The van der Waals surface area contributed by atoms with Crippen molar-refractivity contribution in [2.45, 2.75) is 37.3 Å². The van der Waals surface area contributed by atoms with E-state index >= 15 is 0 Å². The Morgan fingerprint density at radius 3 is 3.00 bits per heavy atom. The highest BCUT2D eigenvalue weighted by Crippen LogP contribution is 2.36. The molecular formula is C17H23N3O3. The SMILES string of the molecule is COC[C@H]1CCC(=Nc2ccc3c(c2)C(C(N)=O)C(O)C3)N1C. The number of rotatable bonds is 4. The number of fused-ring (bicyclic) bond motifs is 1. The van der Waals surface area contributed by atoms with Crippen LogP contribution in [-0.2, 0) is 16.0 Å². The zero-order chi connectivity index (χ0) is 16.6. The Balaban J connectivity index is 1.86. The molecule has 3 atom stereocenters. The number of amidine groups is 1. The summed E-state index contributed by atoms with van der Waals surface area (Å²) in [5.41, 5.74) is 8.01. The van der Waals surface area contributed by atoms with Crippen molar-refractivity contribution in [1.82, 2.24) is 4.90 Å². The first-order valence-electron chi connectivity index (χ1n) is 7.90. The van der Waals surface area contributed by atoms with Crippen LogP contribution in [0.25, 0.3) is 0 Å². The molecule has 6 nitrogen and oxygen atoms in total. The minimum atomic E-state index is -0.731. The van der Waals surface area contributed by atoms with Gasteiger partial charge in [0.2, 0.25) is 5.91 Å². The van der Waals surface area contributed by atoms with Crippen LogP contribution in [0.2, 0.25) is 0 Å². The van der Waals surface area contributed by atoms with E-state index in [0.717, 1.165) is 35.5 Å². The number of nitrogens with two attached hydrogens (primary N) is 1. The van der Waals surface area contributed by atoms with Crippen molar-refractivity contribution < 1.29 is 14.6 Å². The number of carbonyl (C=O) groups is 1. The lowest BCUT2D eigenvalue weighted by molar-refractivity contribution is -0.121. The molecule has 1 aliphatic carbocycles. The lowest BCUT2D eigenvalue weighted by Gasteiger charge is -2.21. The van der Waals surface area contributed by atoms with Crippen LogP contribution in [0, 0.1) is 0 Å². The molecule has 0 aromatic heterocycles. The van der Waals surface area contributed by atoms with Crippen LogP contribution in [-0.4, -0.2) is 54.7 Å². The van der Waals surface area contributed by atoms with E-state index < -0.39 is 17.9 Å². The lowest BCUT2D eigenvalue weighted by atomic mass is 9.99. The molecule has 2 unspecified atom stereocenters. The summed E-state index contributed by atoms with van der Waals surface area (Å²) in [6.07, 6.45) is 1.67. The molecule has 1 fully saturated rings. The summed E-state index contributed by atoms with van der Waals surface area (Å²) >= 11 is 0. The van der Waals surface area contributed by atoms with Crippen LogP contribution in [0.4, 0.5) is 5.69 Å². The lowest BCUT2D eigenvalue weighted by Crippen LogP contribution is -2.32. The first-order chi connectivity index (χ1) is 11.0. The topological polar surface area (TPSA) is 88.2 Å². The van der Waals surface area contributed by atoms with Crippen LogP contribution >= 0.6 is 0 Å². The van der Waals surface area contributed by atoms with Gasteiger partial charge in [0.1, 0.15) is 5.84 Å². The van der Waals surface area contributed by atoms with Crippen molar-refractivity contribution in [3.8, 4) is 0 Å². The van der Waals surface area contributed by atoms with E-state index in [-0.39, 0.29) is 0 Å². The number of carbonyl (C=O) groups excluding carboxylic acids is 1. The van der Waals surface area contributed by atoms with Crippen molar-refractivity contribution in [1.29, 1.82) is 0 Å². The summed E-state index contributed by atoms with van der Waals surface area (Å²) in [5.74, 6) is -0.104. The maximum atomic E-state index is 11.6. The van der Waals surface area contributed by atoms with Gasteiger partial charge in [-0.05, 0) is 36.1 Å². The molecular weight excluding hydrogens is 294 g/mol. The number of aliphatic imine (C=N–C) groups is 1. The largest absolute Gasteiger partial charge is 0.392 e. The van der Waals surface area contributed by atoms with Gasteiger partial charge in [-0.15, -0.1) is 0 Å². The van der Waals surface area contributed by atoms with Crippen LogP contribution in [0.3, 0.4) is 0 Å². The molecule has 0 spiro atoms. The van der Waals surface area contributed by atoms with Crippen molar-refractivity contribution in [2.75, 3.05) is 20.8 Å². The fraction of sp³-hybridized carbons (Fsp3) is 0.529. The number of likely N-dealkylation sites (tertiary alicyclic amines) is 1. The number of aliphatic hydroxyl groups is 1. The van der Waals surface area contributed by atoms with Gasteiger partial charge in [0.15, 0.2) is 0 Å². The van der Waals surface area contributed by atoms with Gasteiger partial charge in [0.05, 0.1) is 30.4 Å². The van der Waals surface area contributed by atoms with Gasteiger partial charge >= 0.3 is 0 Å². The summed E-state index contributed by atoms with van der Waals surface area (Å²) < 4.78 is 5.23. The Kier molecular flexibility index (Phi) is 4.37. The van der Waals surface area contributed by atoms with Crippen molar-refractivity contribution in [3.63, 3.8) is 0 Å². The molecule has 1 amide bonds. The number of hydrogen-bond donors (Lipinski definition) is 2. The molecule has 1 aromatic carbocycles. The molecule has 6 heteroatoms. The van der Waals surface area contributed by atoms with Gasteiger partial charge in [-0.3, -0.25) is 4.79 Å². The van der Waals surface area contributed by atoms with E-state index in [9.17, 15) is 9.90 Å². The summed E-state index contributed by atoms with van der Waals surface area (Å²) in [7, 11) is 3.73. The first kappa shape index (κ1) is 16.0. The number of nitrogens with zero attached hydrogens (tertiary/aromatic N) is 2. The van der Waals surface area contributed by atoms with E-state index in [1.54, 1.807) is 7.11 Å². The highest BCUT2D eigenvalue weighted by atomic mass is 16.5. The van der Waals surface area contributed by atoms with Crippen molar-refractivity contribution in [2.24, 2.45) is 10.7 Å². The van der Waals surface area contributed by atoms with Crippen LogP contribution in [0.1, 0.15) is 29.9 Å². The minimum absolute atomic E-state index is 0.355. The van der Waals surface area contributed by atoms with Crippen LogP contribution in [0.5, 0.6) is 0 Å². The quantitative estimate of drug-likeness (QED) is 0.865. The predicted octanol–water partition coefficient (Wildman–Crippen LogP) is 0.943. The first-order valence-corrected chi connectivity index (χ1v) is 7.90. The number of benzene rings is 1. The van der Waals surface area contributed by atoms with Gasteiger partial charge < -0.3 is 20.5 Å². The zero-order valence-electron chi connectivity index (χ0n) is 13.5. The molecule has 1 aliphatic heterocycles. The Morgan fingerprint density at radius 2 is 2.30 bits per heavy atom. The van der Waals surface area contributed by atoms with Crippen molar-refractivity contribution >= 4 is 17.4 Å². The van der Waals surface area contributed by atoms with Gasteiger partial charge in [-0.2, -0.15) is 0 Å².